The van der Waals surface area contributed by atoms with Crippen molar-refractivity contribution in [3.63, 3.8) is 0 Å². The van der Waals surface area contributed by atoms with Crippen LogP contribution >= 0.6 is 0 Å². The summed E-state index contributed by atoms with van der Waals surface area (Å²) >= 11 is 0. The van der Waals surface area contributed by atoms with Gasteiger partial charge in [-0.25, -0.2) is 8.42 Å². The molecule has 0 aliphatic rings. The number of nitrogens with zero attached hydrogens (tertiary/aromatic N) is 1. The van der Waals surface area contributed by atoms with E-state index >= 15 is 0 Å². The molecule has 0 heterocycles. The Morgan fingerprint density at radius 2 is 1.27 bits per heavy atom. The average molecular weight is 436 g/mol. The van der Waals surface area contributed by atoms with Crippen LogP contribution in [0.3, 0.4) is 0 Å². The predicted molar refractivity (Wildman–Crippen MR) is 115 cm³/mol. The maximum absolute atomic E-state index is 13.1. The van der Waals surface area contributed by atoms with Crippen LogP contribution in [-0.4, -0.2) is 45.8 Å². The van der Waals surface area contributed by atoms with E-state index in [-0.39, 0.29) is 31.2 Å². The third kappa shape index (κ3) is 7.35. The van der Waals surface area contributed by atoms with Crippen LogP contribution in [0.15, 0.2) is 48.5 Å². The van der Waals surface area contributed by atoms with Crippen LogP contribution < -0.4 is 9.47 Å². The monoisotopic (exact) mass is 435 g/mol. The molecule has 0 aliphatic carbocycles. The number of hydrogen-bond donors (Lipinski definition) is 0. The summed E-state index contributed by atoms with van der Waals surface area (Å²) in [5.74, 6) is 1.06. The Hall–Kier alpha value is -2.58. The van der Waals surface area contributed by atoms with E-state index in [1.54, 1.807) is 14.2 Å². The Kier molecular flexibility index (Phi) is 9.14. The second-order valence-corrected chi connectivity index (χ2v) is 8.90. The largest absolute Gasteiger partial charge is 0.497 e. The number of benzene rings is 2. The molecule has 7 nitrogen and oxygen atoms in total. The van der Waals surface area contributed by atoms with Crippen molar-refractivity contribution in [1.29, 1.82) is 0 Å². The lowest BCUT2D eigenvalue weighted by molar-refractivity contribution is -0.140. The van der Waals surface area contributed by atoms with E-state index in [1.807, 2.05) is 48.5 Å². The van der Waals surface area contributed by atoms with E-state index in [0.29, 0.717) is 24.3 Å². The van der Waals surface area contributed by atoms with Gasteiger partial charge in [-0.1, -0.05) is 24.3 Å². The van der Waals surface area contributed by atoms with Crippen LogP contribution in [-0.2, 0) is 32.6 Å². The van der Waals surface area contributed by atoms with Gasteiger partial charge in [-0.2, -0.15) is 4.31 Å². The van der Waals surface area contributed by atoms with Gasteiger partial charge >= 0.3 is 5.97 Å². The standard InChI is InChI=1S/C22H29NO6S/c1-27-20-11-7-18(8-12-20)16-23(17-19-9-13-21(28-2)14-10-19)30(25,26)15-5-4-6-22(24)29-3/h7-14H,4-6,15-17H2,1-3H3. The summed E-state index contributed by atoms with van der Waals surface area (Å²) in [6.07, 6.45) is 1.06. The highest BCUT2D eigenvalue weighted by Gasteiger charge is 2.22. The van der Waals surface area contributed by atoms with Gasteiger partial charge in [0.15, 0.2) is 0 Å². The second-order valence-electron chi connectivity index (χ2n) is 6.81. The molecule has 0 aliphatic heterocycles. The van der Waals surface area contributed by atoms with Crippen molar-refractivity contribution in [1.82, 2.24) is 4.31 Å². The lowest BCUT2D eigenvalue weighted by Gasteiger charge is -2.23. The molecular formula is C22H29NO6S. The van der Waals surface area contributed by atoms with Crippen LogP contribution in [0.5, 0.6) is 11.5 Å². The Morgan fingerprint density at radius 1 is 0.800 bits per heavy atom. The number of carbonyl (C=O) groups excluding carboxylic acids is 1. The molecule has 2 aromatic rings. The molecule has 0 amide bonds. The smallest absolute Gasteiger partial charge is 0.305 e. The molecule has 0 saturated heterocycles. The first kappa shape index (κ1) is 23.7. The van der Waals surface area contributed by atoms with Gasteiger partial charge in [0.1, 0.15) is 11.5 Å². The SMILES string of the molecule is COC(=O)CCCCS(=O)(=O)N(Cc1ccc(OC)cc1)Cc1ccc(OC)cc1. The molecule has 0 fully saturated rings. The molecular weight excluding hydrogens is 406 g/mol. The van der Waals surface area contributed by atoms with Gasteiger partial charge in [-0.15, -0.1) is 0 Å². The van der Waals surface area contributed by atoms with Gasteiger partial charge in [0.2, 0.25) is 10.0 Å². The van der Waals surface area contributed by atoms with Crippen LogP contribution in [0.1, 0.15) is 30.4 Å². The van der Waals surface area contributed by atoms with Crippen molar-refractivity contribution in [2.24, 2.45) is 0 Å². The van der Waals surface area contributed by atoms with Crippen LogP contribution in [0.2, 0.25) is 0 Å². The summed E-state index contributed by atoms with van der Waals surface area (Å²) in [6.45, 7) is 0.491. The number of carbonyl (C=O) groups is 1. The van der Waals surface area contributed by atoms with E-state index < -0.39 is 10.0 Å². The molecule has 2 aromatic carbocycles. The summed E-state index contributed by atoms with van der Waals surface area (Å²) in [7, 11) is 0.962. The van der Waals surface area contributed by atoms with E-state index in [1.165, 1.54) is 11.4 Å². The number of unbranched alkanes of at least 4 members (excludes halogenated alkanes) is 1. The van der Waals surface area contributed by atoms with E-state index in [4.69, 9.17) is 9.47 Å². The zero-order valence-electron chi connectivity index (χ0n) is 17.7. The normalized spacial score (nSPS) is 11.3. The van der Waals surface area contributed by atoms with Crippen LogP contribution in [0, 0.1) is 0 Å². The van der Waals surface area contributed by atoms with Crippen LogP contribution in [0.4, 0.5) is 0 Å². The number of methoxy groups -OCH3 is 3. The number of sulfonamides is 1. The minimum atomic E-state index is -3.54. The van der Waals surface area contributed by atoms with Crippen molar-refractivity contribution in [2.45, 2.75) is 32.4 Å². The van der Waals surface area contributed by atoms with Gasteiger partial charge in [0.05, 0.1) is 27.1 Å². The minimum Gasteiger partial charge on any atom is -0.497 e. The summed E-state index contributed by atoms with van der Waals surface area (Å²) in [5, 5.41) is 0. The first-order valence-electron chi connectivity index (χ1n) is 9.68. The van der Waals surface area contributed by atoms with Gasteiger partial charge in [0.25, 0.3) is 0 Å². The molecule has 0 atom stereocenters. The molecule has 0 unspecified atom stereocenters. The molecule has 0 aromatic heterocycles. The average Bonchev–Trinajstić information content (AvgIpc) is 2.77. The van der Waals surface area contributed by atoms with Crippen molar-refractivity contribution in [3.05, 3.63) is 59.7 Å². The quantitative estimate of drug-likeness (QED) is 0.376. The van der Waals surface area contributed by atoms with Gasteiger partial charge < -0.3 is 14.2 Å². The number of hydrogen-bond acceptors (Lipinski definition) is 6. The number of ether oxygens (including phenoxy) is 3. The fraction of sp³-hybridized carbons (Fsp3) is 0.409. The maximum Gasteiger partial charge on any atom is 0.305 e. The molecule has 0 radical (unpaired) electrons. The Morgan fingerprint density at radius 3 is 1.67 bits per heavy atom. The van der Waals surface area contributed by atoms with E-state index in [2.05, 4.69) is 4.74 Å². The minimum absolute atomic E-state index is 0.0314. The number of rotatable bonds is 12. The molecule has 0 bridgehead atoms. The zero-order chi connectivity index (χ0) is 22.0. The Bertz CT molecular complexity index is 845. The highest BCUT2D eigenvalue weighted by atomic mass is 32.2. The molecule has 30 heavy (non-hydrogen) atoms. The third-order valence-electron chi connectivity index (χ3n) is 4.69. The van der Waals surface area contributed by atoms with Gasteiger partial charge in [-0.3, -0.25) is 4.79 Å². The molecule has 2 rings (SSSR count). The third-order valence-corrected chi connectivity index (χ3v) is 6.54. The van der Waals surface area contributed by atoms with Crippen molar-refractivity contribution in [3.8, 4) is 11.5 Å². The topological polar surface area (TPSA) is 82.1 Å². The lowest BCUT2D eigenvalue weighted by Crippen LogP contribution is -2.32. The fourth-order valence-corrected chi connectivity index (χ4v) is 4.43. The summed E-state index contributed by atoms with van der Waals surface area (Å²) in [6, 6.07) is 14.7. The second kappa shape index (κ2) is 11.6. The van der Waals surface area contributed by atoms with Crippen molar-refractivity contribution < 1.29 is 27.4 Å². The van der Waals surface area contributed by atoms with E-state index in [9.17, 15) is 13.2 Å². The number of esters is 1. The molecule has 164 valence electrons. The summed E-state index contributed by atoms with van der Waals surface area (Å²) in [5.41, 5.74) is 1.73. The van der Waals surface area contributed by atoms with Gasteiger partial charge in [0, 0.05) is 19.5 Å². The molecule has 0 spiro atoms. The maximum atomic E-state index is 13.1. The van der Waals surface area contributed by atoms with E-state index in [0.717, 1.165) is 11.1 Å². The Balaban J connectivity index is 2.14. The molecule has 0 saturated carbocycles. The molecule has 8 heteroatoms. The highest BCUT2D eigenvalue weighted by Crippen LogP contribution is 2.20. The summed E-state index contributed by atoms with van der Waals surface area (Å²) in [4.78, 5) is 11.3. The molecule has 0 N–H and O–H groups in total. The van der Waals surface area contributed by atoms with Crippen LogP contribution in [0.25, 0.3) is 0 Å². The first-order chi connectivity index (χ1) is 14.4. The Labute approximate surface area is 178 Å². The lowest BCUT2D eigenvalue weighted by atomic mass is 10.2. The zero-order valence-corrected chi connectivity index (χ0v) is 18.5. The fourth-order valence-electron chi connectivity index (χ4n) is 2.91. The summed E-state index contributed by atoms with van der Waals surface area (Å²) < 4.78 is 42.5. The first-order valence-corrected chi connectivity index (χ1v) is 11.3. The van der Waals surface area contributed by atoms with Crippen molar-refractivity contribution in [2.75, 3.05) is 27.1 Å². The van der Waals surface area contributed by atoms with Crippen molar-refractivity contribution >= 4 is 16.0 Å². The predicted octanol–water partition coefficient (Wildman–Crippen LogP) is 3.38. The van der Waals surface area contributed by atoms with Gasteiger partial charge in [-0.05, 0) is 48.2 Å². The highest BCUT2D eigenvalue weighted by molar-refractivity contribution is 7.89.